The summed E-state index contributed by atoms with van der Waals surface area (Å²) in [5.41, 5.74) is 13.9. The van der Waals surface area contributed by atoms with Crippen LogP contribution in [0, 0.1) is 5.53 Å². The topological polar surface area (TPSA) is 126 Å². The summed E-state index contributed by atoms with van der Waals surface area (Å²) in [5.74, 6) is -0.0396. The van der Waals surface area contributed by atoms with Crippen molar-refractivity contribution in [1.82, 2.24) is 10.3 Å². The van der Waals surface area contributed by atoms with E-state index in [1.807, 2.05) is 55.5 Å². The van der Waals surface area contributed by atoms with Gasteiger partial charge in [-0.15, -0.1) is 5.10 Å². The molecule has 0 spiro atoms. The fourth-order valence-corrected chi connectivity index (χ4v) is 4.01. The number of hydrogen-bond donors (Lipinski definition) is 3. The van der Waals surface area contributed by atoms with Crippen molar-refractivity contribution >= 4 is 34.9 Å². The Bertz CT molecular complexity index is 1230. The lowest BCUT2D eigenvalue weighted by Crippen LogP contribution is -2.51. The minimum atomic E-state index is -1.21. The maximum atomic E-state index is 13.3. The van der Waals surface area contributed by atoms with Gasteiger partial charge in [0.1, 0.15) is 0 Å². The number of carbonyl (C=O) groups is 1. The first-order valence-corrected chi connectivity index (χ1v) is 12.0. The Morgan fingerprint density at radius 3 is 2.47 bits per heavy atom. The Balaban J connectivity index is 1.75. The first kappa shape index (κ1) is 27.1. The van der Waals surface area contributed by atoms with Crippen LogP contribution in [0.25, 0.3) is 0 Å². The molecule has 1 heterocycles. The summed E-state index contributed by atoms with van der Waals surface area (Å²) in [7, 11) is 0. The molecule has 2 aromatic carbocycles. The van der Waals surface area contributed by atoms with Crippen molar-refractivity contribution in [1.29, 1.82) is 5.53 Å². The van der Waals surface area contributed by atoms with E-state index in [-0.39, 0.29) is 29.6 Å². The molecule has 8 nitrogen and oxygen atoms in total. The number of rotatable bonds is 10. The van der Waals surface area contributed by atoms with Crippen LogP contribution in [-0.2, 0) is 11.2 Å². The molecule has 0 aliphatic rings. The normalized spacial score (nSPS) is 13.5. The van der Waals surface area contributed by atoms with Gasteiger partial charge in [-0.2, -0.15) is 5.53 Å². The Hall–Kier alpha value is -3.49. The Morgan fingerprint density at radius 2 is 1.86 bits per heavy atom. The number of ether oxygens (including phenoxy) is 1. The summed E-state index contributed by atoms with van der Waals surface area (Å²) in [6.07, 6.45) is 2.12. The Labute approximate surface area is 220 Å². The van der Waals surface area contributed by atoms with Gasteiger partial charge in [-0.05, 0) is 68.7 Å². The van der Waals surface area contributed by atoms with E-state index in [2.05, 4.69) is 20.6 Å². The highest BCUT2D eigenvalue weighted by atomic mass is 35.5. The van der Waals surface area contributed by atoms with E-state index in [4.69, 9.17) is 39.2 Å². The molecule has 0 bridgehead atoms. The molecule has 4 N–H and O–H groups in total. The summed E-state index contributed by atoms with van der Waals surface area (Å²) in [6.45, 7) is 5.31. The van der Waals surface area contributed by atoms with Gasteiger partial charge in [0.05, 0.1) is 0 Å². The van der Waals surface area contributed by atoms with Gasteiger partial charge in [-0.3, -0.25) is 4.79 Å². The molecule has 0 aliphatic heterocycles. The van der Waals surface area contributed by atoms with E-state index in [1.54, 1.807) is 26.0 Å². The van der Waals surface area contributed by atoms with Crippen LogP contribution < -0.4 is 15.8 Å². The van der Waals surface area contributed by atoms with Crippen LogP contribution >= 0.6 is 23.2 Å². The van der Waals surface area contributed by atoms with Gasteiger partial charge in [0.25, 0.3) is 5.91 Å². The number of carbonyl (C=O) groups excluding carboxylic acids is 1. The van der Waals surface area contributed by atoms with E-state index in [0.29, 0.717) is 22.0 Å². The lowest BCUT2D eigenvalue weighted by Gasteiger charge is -2.30. The van der Waals surface area contributed by atoms with Crippen LogP contribution in [0.4, 0.5) is 0 Å². The summed E-state index contributed by atoms with van der Waals surface area (Å²) in [6, 6.07) is 18.3. The van der Waals surface area contributed by atoms with E-state index in [0.717, 1.165) is 11.1 Å². The number of nitrogens with one attached hydrogen (secondary N) is 2. The van der Waals surface area contributed by atoms with E-state index < -0.39 is 5.60 Å². The third kappa shape index (κ3) is 7.26. The van der Waals surface area contributed by atoms with Gasteiger partial charge >= 0.3 is 0 Å². The highest BCUT2D eigenvalue weighted by Crippen LogP contribution is 2.28. The fourth-order valence-electron chi connectivity index (χ4n) is 3.69. The zero-order chi connectivity index (χ0) is 26.3. The van der Waals surface area contributed by atoms with Crippen LogP contribution in [0.2, 0.25) is 10.0 Å². The predicted octanol–water partition coefficient (Wildman–Crippen LogP) is 5.73. The van der Waals surface area contributed by atoms with Gasteiger partial charge in [-0.1, -0.05) is 52.7 Å². The zero-order valence-corrected chi connectivity index (χ0v) is 21.7. The van der Waals surface area contributed by atoms with Crippen molar-refractivity contribution < 1.29 is 9.53 Å². The molecule has 10 heteroatoms. The molecular weight excluding hydrogens is 499 g/mol. The van der Waals surface area contributed by atoms with Crippen molar-refractivity contribution in [3.05, 3.63) is 93.6 Å². The van der Waals surface area contributed by atoms with Crippen LogP contribution in [0.3, 0.4) is 0 Å². The number of amides is 1. The number of nitrogens with two attached hydrogens (primary N) is 1. The number of benzene rings is 2. The second-order valence-electron chi connectivity index (χ2n) is 8.84. The molecule has 0 saturated heterocycles. The first-order chi connectivity index (χ1) is 17.1. The summed E-state index contributed by atoms with van der Waals surface area (Å²) in [5, 5.41) is 10.8. The molecule has 188 valence electrons. The Kier molecular flexibility index (Phi) is 9.01. The van der Waals surface area contributed by atoms with Gasteiger partial charge in [-0.25, -0.2) is 4.98 Å². The molecule has 2 atom stereocenters. The maximum absolute atomic E-state index is 13.3. The van der Waals surface area contributed by atoms with E-state index in [9.17, 15) is 4.79 Å². The standard InChI is InChI=1S/C26H28Cl2N6O2/c1-16(22(18-5-4-6-21(28)14-18)13-17-7-10-20(27)11-8-17)32-25(35)26(2,3)36-23-12-9-19(15-31-23)24(29)33-34-30/h4-12,14-16,22H,13H2,1-3H3,(H,32,35)(H3,29,30,33). The highest BCUT2D eigenvalue weighted by Gasteiger charge is 2.33. The highest BCUT2D eigenvalue weighted by molar-refractivity contribution is 6.30. The molecular formula is C26H28Cl2N6O2. The molecule has 0 fully saturated rings. The monoisotopic (exact) mass is 526 g/mol. The molecule has 0 aliphatic carbocycles. The summed E-state index contributed by atoms with van der Waals surface area (Å²) in [4.78, 5) is 17.5. The minimum absolute atomic E-state index is 0.0493. The van der Waals surface area contributed by atoms with Crippen molar-refractivity contribution in [3.8, 4) is 5.88 Å². The number of nitrogens with zero attached hydrogens (tertiary/aromatic N) is 3. The van der Waals surface area contributed by atoms with Gasteiger partial charge in [0, 0.05) is 39.8 Å². The number of aromatic nitrogens is 1. The largest absolute Gasteiger partial charge is 0.462 e. The van der Waals surface area contributed by atoms with E-state index >= 15 is 0 Å². The number of hydrogen-bond acceptors (Lipinski definition) is 5. The quantitative estimate of drug-likeness (QED) is 0.135. The second kappa shape index (κ2) is 12.0. The van der Waals surface area contributed by atoms with Gasteiger partial charge in [0.2, 0.25) is 5.88 Å². The van der Waals surface area contributed by atoms with Gasteiger partial charge < -0.3 is 15.8 Å². The minimum Gasteiger partial charge on any atom is -0.462 e. The van der Waals surface area contributed by atoms with Crippen molar-refractivity contribution in [2.45, 2.75) is 44.8 Å². The SMILES string of the molecule is CC(NC(=O)C(C)(C)Oc1ccc(C(N)=NN=N)cn1)C(Cc1ccc(Cl)cc1)c1cccc(Cl)c1. The molecule has 36 heavy (non-hydrogen) atoms. The molecule has 3 rings (SSSR count). The Morgan fingerprint density at radius 1 is 1.14 bits per heavy atom. The van der Waals surface area contributed by atoms with Crippen molar-refractivity contribution in [2.75, 3.05) is 0 Å². The van der Waals surface area contributed by atoms with Crippen LogP contribution in [-0.4, -0.2) is 28.4 Å². The van der Waals surface area contributed by atoms with Crippen LogP contribution in [0.15, 0.2) is 77.2 Å². The third-order valence-electron chi connectivity index (χ3n) is 5.70. The maximum Gasteiger partial charge on any atom is 0.263 e. The third-order valence-corrected chi connectivity index (χ3v) is 6.19. The molecule has 2 unspecified atom stereocenters. The first-order valence-electron chi connectivity index (χ1n) is 11.2. The second-order valence-corrected chi connectivity index (χ2v) is 9.71. The fraction of sp³-hybridized carbons (Fsp3) is 0.269. The number of halogens is 2. The zero-order valence-electron chi connectivity index (χ0n) is 20.2. The average Bonchev–Trinajstić information content (AvgIpc) is 2.84. The average molecular weight is 527 g/mol. The molecule has 1 aromatic heterocycles. The predicted molar refractivity (Wildman–Crippen MR) is 142 cm³/mol. The molecule has 1 amide bonds. The summed E-state index contributed by atoms with van der Waals surface area (Å²) < 4.78 is 5.90. The smallest absolute Gasteiger partial charge is 0.263 e. The summed E-state index contributed by atoms with van der Waals surface area (Å²) >= 11 is 12.3. The molecule has 0 saturated carbocycles. The molecule has 3 aromatic rings. The van der Waals surface area contributed by atoms with Crippen LogP contribution in [0.5, 0.6) is 5.88 Å². The number of amidine groups is 1. The van der Waals surface area contributed by atoms with Crippen LogP contribution in [0.1, 0.15) is 43.4 Å². The van der Waals surface area contributed by atoms with E-state index in [1.165, 1.54) is 6.20 Å². The lowest BCUT2D eigenvalue weighted by molar-refractivity contribution is -0.135. The van der Waals surface area contributed by atoms with Gasteiger partial charge in [0.15, 0.2) is 11.4 Å². The molecule has 0 radical (unpaired) electrons. The van der Waals surface area contributed by atoms with Crippen molar-refractivity contribution in [2.24, 2.45) is 16.1 Å². The van der Waals surface area contributed by atoms with Crippen molar-refractivity contribution in [3.63, 3.8) is 0 Å². The lowest BCUT2D eigenvalue weighted by atomic mass is 9.86. The number of pyridine rings is 1.